The Labute approximate surface area is 99.4 Å². The van der Waals surface area contributed by atoms with Gasteiger partial charge in [0.15, 0.2) is 0 Å². The molecule has 0 fully saturated rings. The van der Waals surface area contributed by atoms with E-state index in [1.54, 1.807) is 12.3 Å². The lowest BCUT2D eigenvalue weighted by Crippen LogP contribution is -2.28. The molecule has 86 valence electrons. The van der Waals surface area contributed by atoms with E-state index in [2.05, 4.69) is 22.2 Å². The summed E-state index contributed by atoms with van der Waals surface area (Å²) in [4.78, 5) is 15.6. The standard InChI is InChI=1S/C13H13N3O/c1-2-7-14-13(17)16-12-8-10-5-3-4-6-11(10)9-15-12/h2-6,8-9H,1,7H2,(H2,14,15,16,17). The third-order valence-corrected chi connectivity index (χ3v) is 2.28. The van der Waals surface area contributed by atoms with Crippen molar-refractivity contribution in [1.82, 2.24) is 10.3 Å². The molecule has 0 saturated carbocycles. The van der Waals surface area contributed by atoms with Crippen LogP contribution in [0.3, 0.4) is 0 Å². The van der Waals surface area contributed by atoms with E-state index in [1.165, 1.54) is 0 Å². The zero-order chi connectivity index (χ0) is 12.1. The molecule has 2 amide bonds. The molecule has 0 aliphatic rings. The van der Waals surface area contributed by atoms with Gasteiger partial charge in [0.2, 0.25) is 0 Å². The summed E-state index contributed by atoms with van der Waals surface area (Å²) >= 11 is 0. The molecule has 4 nitrogen and oxygen atoms in total. The van der Waals surface area contributed by atoms with E-state index in [9.17, 15) is 4.79 Å². The minimum absolute atomic E-state index is 0.285. The summed E-state index contributed by atoms with van der Waals surface area (Å²) in [6.07, 6.45) is 3.35. The first-order valence-corrected chi connectivity index (χ1v) is 5.30. The van der Waals surface area contributed by atoms with Crippen molar-refractivity contribution in [2.75, 3.05) is 11.9 Å². The molecule has 2 N–H and O–H groups in total. The van der Waals surface area contributed by atoms with Crippen LogP contribution in [0.4, 0.5) is 10.6 Å². The topological polar surface area (TPSA) is 54.0 Å². The minimum atomic E-state index is -0.285. The number of nitrogens with one attached hydrogen (secondary N) is 2. The van der Waals surface area contributed by atoms with E-state index >= 15 is 0 Å². The summed E-state index contributed by atoms with van der Waals surface area (Å²) in [6.45, 7) is 3.95. The van der Waals surface area contributed by atoms with Gasteiger partial charge >= 0.3 is 6.03 Å². The van der Waals surface area contributed by atoms with Crippen molar-refractivity contribution >= 4 is 22.6 Å². The Kier molecular flexibility index (Phi) is 3.35. The number of urea groups is 1. The number of aromatic nitrogens is 1. The third kappa shape index (κ3) is 2.81. The van der Waals surface area contributed by atoms with Gasteiger partial charge in [-0.05, 0) is 11.5 Å². The van der Waals surface area contributed by atoms with Crippen LogP contribution in [-0.4, -0.2) is 17.6 Å². The first-order chi connectivity index (χ1) is 8.29. The summed E-state index contributed by atoms with van der Waals surface area (Å²) in [5.74, 6) is 0.533. The summed E-state index contributed by atoms with van der Waals surface area (Å²) < 4.78 is 0. The van der Waals surface area contributed by atoms with Gasteiger partial charge in [0.25, 0.3) is 0 Å². The number of carbonyl (C=O) groups is 1. The Bertz CT molecular complexity index is 551. The predicted molar refractivity (Wildman–Crippen MR) is 69.0 cm³/mol. The molecule has 4 heteroatoms. The average Bonchev–Trinajstić information content (AvgIpc) is 2.36. The van der Waals surface area contributed by atoms with Crippen LogP contribution in [0.5, 0.6) is 0 Å². The molecule has 0 aliphatic carbocycles. The zero-order valence-electron chi connectivity index (χ0n) is 9.31. The van der Waals surface area contributed by atoms with Gasteiger partial charge in [-0.15, -0.1) is 6.58 Å². The second-order valence-electron chi connectivity index (χ2n) is 3.54. The molecule has 0 radical (unpaired) electrons. The van der Waals surface area contributed by atoms with Gasteiger partial charge in [0.05, 0.1) is 0 Å². The number of carbonyl (C=O) groups excluding carboxylic acids is 1. The van der Waals surface area contributed by atoms with Gasteiger partial charge in [0, 0.05) is 18.1 Å². The predicted octanol–water partition coefficient (Wildman–Crippen LogP) is 2.54. The van der Waals surface area contributed by atoms with Crippen LogP contribution in [0.2, 0.25) is 0 Å². The molecule has 0 aliphatic heterocycles. The number of benzene rings is 1. The van der Waals surface area contributed by atoms with E-state index in [0.29, 0.717) is 12.4 Å². The lowest BCUT2D eigenvalue weighted by Gasteiger charge is -2.05. The van der Waals surface area contributed by atoms with Crippen LogP contribution < -0.4 is 10.6 Å². The molecular weight excluding hydrogens is 214 g/mol. The van der Waals surface area contributed by atoms with Crippen molar-refractivity contribution in [1.29, 1.82) is 0 Å². The highest BCUT2D eigenvalue weighted by atomic mass is 16.2. The van der Waals surface area contributed by atoms with Crippen LogP contribution in [0.1, 0.15) is 0 Å². The number of hydrogen-bond acceptors (Lipinski definition) is 2. The van der Waals surface area contributed by atoms with Gasteiger partial charge in [0.1, 0.15) is 5.82 Å². The molecule has 2 aromatic rings. The Balaban J connectivity index is 2.13. The quantitative estimate of drug-likeness (QED) is 0.792. The van der Waals surface area contributed by atoms with E-state index in [0.717, 1.165) is 10.8 Å². The maximum Gasteiger partial charge on any atom is 0.320 e. The number of pyridine rings is 1. The molecule has 1 aromatic heterocycles. The van der Waals surface area contributed by atoms with E-state index in [4.69, 9.17) is 0 Å². The molecule has 0 unspecified atom stereocenters. The van der Waals surface area contributed by atoms with Crippen molar-refractivity contribution in [2.45, 2.75) is 0 Å². The highest BCUT2D eigenvalue weighted by Gasteiger charge is 2.01. The minimum Gasteiger partial charge on any atom is -0.334 e. The maximum atomic E-state index is 11.4. The molecule has 1 heterocycles. The summed E-state index contributed by atoms with van der Waals surface area (Å²) in [7, 11) is 0. The second-order valence-corrected chi connectivity index (χ2v) is 3.54. The molecule has 0 bridgehead atoms. The van der Waals surface area contributed by atoms with Gasteiger partial charge < -0.3 is 5.32 Å². The summed E-state index contributed by atoms with van der Waals surface area (Å²) in [5.41, 5.74) is 0. The highest BCUT2D eigenvalue weighted by molar-refractivity contribution is 5.91. The van der Waals surface area contributed by atoms with E-state index in [1.807, 2.05) is 30.3 Å². The zero-order valence-corrected chi connectivity index (χ0v) is 9.31. The number of amides is 2. The smallest absolute Gasteiger partial charge is 0.320 e. The summed E-state index contributed by atoms with van der Waals surface area (Å²) in [5, 5.41) is 7.37. The van der Waals surface area contributed by atoms with Gasteiger partial charge in [-0.2, -0.15) is 0 Å². The number of anilines is 1. The van der Waals surface area contributed by atoms with Gasteiger partial charge in [-0.3, -0.25) is 5.32 Å². The fourth-order valence-electron chi connectivity index (χ4n) is 1.48. The van der Waals surface area contributed by atoms with Crippen molar-refractivity contribution in [2.24, 2.45) is 0 Å². The normalized spacial score (nSPS) is 9.88. The van der Waals surface area contributed by atoms with Crippen LogP contribution in [0, 0.1) is 0 Å². The Morgan fingerprint density at radius 3 is 2.88 bits per heavy atom. The van der Waals surface area contributed by atoms with Crippen molar-refractivity contribution in [3.05, 3.63) is 49.2 Å². The SMILES string of the molecule is C=CCNC(=O)Nc1cc2ccccc2cn1. The van der Waals surface area contributed by atoms with Crippen molar-refractivity contribution in [3.63, 3.8) is 0 Å². The number of fused-ring (bicyclic) bond motifs is 1. The van der Waals surface area contributed by atoms with E-state index < -0.39 is 0 Å². The fourth-order valence-corrected chi connectivity index (χ4v) is 1.48. The maximum absolute atomic E-state index is 11.4. The monoisotopic (exact) mass is 227 g/mol. The van der Waals surface area contributed by atoms with Crippen LogP contribution in [0.15, 0.2) is 49.2 Å². The van der Waals surface area contributed by atoms with Crippen LogP contribution in [0.25, 0.3) is 10.8 Å². The third-order valence-electron chi connectivity index (χ3n) is 2.28. The number of hydrogen-bond donors (Lipinski definition) is 2. The fraction of sp³-hybridized carbons (Fsp3) is 0.0769. The lowest BCUT2D eigenvalue weighted by molar-refractivity contribution is 0.253. The highest BCUT2D eigenvalue weighted by Crippen LogP contribution is 2.15. The second kappa shape index (κ2) is 5.12. The molecule has 0 spiro atoms. The number of nitrogens with zero attached hydrogens (tertiary/aromatic N) is 1. The summed E-state index contributed by atoms with van der Waals surface area (Å²) in [6, 6.07) is 9.40. The van der Waals surface area contributed by atoms with Crippen molar-refractivity contribution in [3.8, 4) is 0 Å². The molecule has 0 saturated heterocycles. The molecule has 0 atom stereocenters. The van der Waals surface area contributed by atoms with Gasteiger partial charge in [-0.25, -0.2) is 9.78 Å². The van der Waals surface area contributed by atoms with Crippen molar-refractivity contribution < 1.29 is 4.79 Å². The first-order valence-electron chi connectivity index (χ1n) is 5.30. The van der Waals surface area contributed by atoms with E-state index in [-0.39, 0.29) is 6.03 Å². The first kappa shape index (κ1) is 11.1. The van der Waals surface area contributed by atoms with Gasteiger partial charge in [-0.1, -0.05) is 30.3 Å². The Morgan fingerprint density at radius 2 is 2.12 bits per heavy atom. The van der Waals surface area contributed by atoms with Crippen LogP contribution >= 0.6 is 0 Å². The molecular formula is C13H13N3O. The number of rotatable bonds is 3. The largest absolute Gasteiger partial charge is 0.334 e. The lowest BCUT2D eigenvalue weighted by atomic mass is 10.2. The average molecular weight is 227 g/mol. The molecule has 2 rings (SSSR count). The Morgan fingerprint density at radius 1 is 1.35 bits per heavy atom. The van der Waals surface area contributed by atoms with Crippen LogP contribution in [-0.2, 0) is 0 Å². The molecule has 1 aromatic carbocycles. The Hall–Kier alpha value is -2.36. The molecule has 17 heavy (non-hydrogen) atoms.